The normalized spacial score (nSPS) is 10.5. The number of carbonyl (C=O) groups is 2. The number of aldehydes is 1. The first-order valence-electron chi connectivity index (χ1n) is 6.95. The van der Waals surface area contributed by atoms with Crippen molar-refractivity contribution in [1.29, 1.82) is 0 Å². The summed E-state index contributed by atoms with van der Waals surface area (Å²) in [6, 6.07) is 8.38. The second-order valence-corrected chi connectivity index (χ2v) is 5.66. The predicted octanol–water partition coefficient (Wildman–Crippen LogP) is 3.15. The molecule has 3 rings (SSSR count). The predicted molar refractivity (Wildman–Crippen MR) is 88.4 cm³/mol. The third-order valence-electron chi connectivity index (χ3n) is 3.06. The van der Waals surface area contributed by atoms with Crippen LogP contribution in [0.3, 0.4) is 0 Å². The van der Waals surface area contributed by atoms with E-state index in [2.05, 4.69) is 15.3 Å². The number of pyridine rings is 1. The van der Waals surface area contributed by atoms with Gasteiger partial charge in [-0.25, -0.2) is 9.97 Å². The Morgan fingerprint density at radius 2 is 2.22 bits per heavy atom. The van der Waals surface area contributed by atoms with Crippen LogP contribution in [0, 0.1) is 0 Å². The molecule has 0 bridgehead atoms. The van der Waals surface area contributed by atoms with Crippen LogP contribution in [0.2, 0.25) is 0 Å². The molecule has 1 amide bonds. The Kier molecular flexibility index (Phi) is 4.29. The lowest BCUT2D eigenvalue weighted by molar-refractivity contribution is 0.102. The number of ether oxygens (including phenoxy) is 1. The number of fused-ring (bicyclic) bond motifs is 1. The van der Waals surface area contributed by atoms with E-state index in [4.69, 9.17) is 4.74 Å². The van der Waals surface area contributed by atoms with Crippen LogP contribution in [0.4, 0.5) is 5.13 Å². The van der Waals surface area contributed by atoms with Crippen LogP contribution in [0.5, 0.6) is 5.88 Å². The van der Waals surface area contributed by atoms with Gasteiger partial charge in [0, 0.05) is 23.4 Å². The summed E-state index contributed by atoms with van der Waals surface area (Å²) in [6.07, 6.45) is 2.30. The Bertz CT molecular complexity index is 876. The summed E-state index contributed by atoms with van der Waals surface area (Å²) in [4.78, 5) is 31.4. The number of thiazole rings is 1. The van der Waals surface area contributed by atoms with Gasteiger partial charge in [-0.1, -0.05) is 11.3 Å². The number of anilines is 1. The van der Waals surface area contributed by atoms with E-state index in [1.165, 1.54) is 17.5 Å². The van der Waals surface area contributed by atoms with Gasteiger partial charge < -0.3 is 4.74 Å². The molecular formula is C16H13N3O3S. The highest BCUT2D eigenvalue weighted by molar-refractivity contribution is 7.22. The zero-order valence-corrected chi connectivity index (χ0v) is 13.1. The number of hydrogen-bond acceptors (Lipinski definition) is 6. The van der Waals surface area contributed by atoms with Gasteiger partial charge >= 0.3 is 0 Å². The molecule has 7 heteroatoms. The van der Waals surface area contributed by atoms with E-state index in [9.17, 15) is 9.59 Å². The van der Waals surface area contributed by atoms with Crippen molar-refractivity contribution in [2.24, 2.45) is 0 Å². The molecule has 1 N–H and O–H groups in total. The zero-order chi connectivity index (χ0) is 16.2. The summed E-state index contributed by atoms with van der Waals surface area (Å²) >= 11 is 1.32. The van der Waals surface area contributed by atoms with Gasteiger partial charge in [0.15, 0.2) is 5.13 Å². The molecule has 0 aliphatic rings. The van der Waals surface area contributed by atoms with Crippen LogP contribution in [0.1, 0.15) is 27.6 Å². The standard InChI is InChI=1S/C16H13N3O3S/c1-2-22-14-8-11(5-6-17-14)15(21)19-16-18-12-4-3-10(9-20)7-13(12)23-16/h3-9H,2H2,1H3,(H,18,19,21). The van der Waals surface area contributed by atoms with Crippen LogP contribution in [-0.2, 0) is 0 Å². The maximum absolute atomic E-state index is 12.3. The first-order chi connectivity index (χ1) is 11.2. The van der Waals surface area contributed by atoms with Crippen molar-refractivity contribution in [3.05, 3.63) is 47.7 Å². The number of aromatic nitrogens is 2. The van der Waals surface area contributed by atoms with Crippen molar-refractivity contribution in [3.63, 3.8) is 0 Å². The van der Waals surface area contributed by atoms with Gasteiger partial charge in [-0.05, 0) is 31.2 Å². The lowest BCUT2D eigenvalue weighted by Gasteiger charge is -2.04. The van der Waals surface area contributed by atoms with E-state index in [1.807, 2.05) is 6.92 Å². The summed E-state index contributed by atoms with van der Waals surface area (Å²) in [5.41, 5.74) is 1.76. The number of nitrogens with zero attached hydrogens (tertiary/aromatic N) is 2. The summed E-state index contributed by atoms with van der Waals surface area (Å²) in [7, 11) is 0. The van der Waals surface area contributed by atoms with E-state index >= 15 is 0 Å². The Morgan fingerprint density at radius 3 is 3.00 bits per heavy atom. The number of amides is 1. The maximum atomic E-state index is 12.3. The van der Waals surface area contributed by atoms with Crippen LogP contribution < -0.4 is 10.1 Å². The SMILES string of the molecule is CCOc1cc(C(=O)Nc2nc3ccc(C=O)cc3s2)ccn1. The Hall–Kier alpha value is -2.80. The number of nitrogens with one attached hydrogen (secondary N) is 1. The summed E-state index contributed by atoms with van der Waals surface area (Å²) in [5, 5.41) is 3.23. The molecule has 0 atom stereocenters. The minimum atomic E-state index is -0.289. The van der Waals surface area contributed by atoms with E-state index in [0.29, 0.717) is 28.7 Å². The van der Waals surface area contributed by atoms with Crippen molar-refractivity contribution >= 4 is 38.9 Å². The van der Waals surface area contributed by atoms with Gasteiger partial charge in [-0.15, -0.1) is 0 Å². The number of rotatable bonds is 5. The van der Waals surface area contributed by atoms with E-state index in [1.54, 1.807) is 30.3 Å². The molecule has 3 aromatic rings. The highest BCUT2D eigenvalue weighted by atomic mass is 32.1. The Labute approximate surface area is 136 Å². The Morgan fingerprint density at radius 1 is 1.35 bits per heavy atom. The van der Waals surface area contributed by atoms with Gasteiger partial charge in [0.25, 0.3) is 5.91 Å². The second-order valence-electron chi connectivity index (χ2n) is 4.63. The third-order valence-corrected chi connectivity index (χ3v) is 3.99. The van der Waals surface area contributed by atoms with Crippen LogP contribution in [0.15, 0.2) is 36.5 Å². The molecule has 0 aliphatic heterocycles. The number of carbonyl (C=O) groups excluding carboxylic acids is 2. The molecule has 2 heterocycles. The van der Waals surface area contributed by atoms with Gasteiger partial charge in [-0.2, -0.15) is 0 Å². The van der Waals surface area contributed by atoms with Crippen molar-refractivity contribution in [2.45, 2.75) is 6.92 Å². The molecule has 0 aliphatic carbocycles. The Balaban J connectivity index is 1.82. The summed E-state index contributed by atoms with van der Waals surface area (Å²) in [5.74, 6) is 0.114. The number of hydrogen-bond donors (Lipinski definition) is 1. The first kappa shape index (κ1) is 15.1. The van der Waals surface area contributed by atoms with E-state index < -0.39 is 0 Å². The largest absolute Gasteiger partial charge is 0.478 e. The monoisotopic (exact) mass is 327 g/mol. The highest BCUT2D eigenvalue weighted by Crippen LogP contribution is 2.27. The topological polar surface area (TPSA) is 81.2 Å². The molecule has 2 aromatic heterocycles. The average molecular weight is 327 g/mol. The molecule has 1 aromatic carbocycles. The fourth-order valence-corrected chi connectivity index (χ4v) is 2.92. The van der Waals surface area contributed by atoms with Crippen molar-refractivity contribution < 1.29 is 14.3 Å². The van der Waals surface area contributed by atoms with Crippen molar-refractivity contribution in [2.75, 3.05) is 11.9 Å². The van der Waals surface area contributed by atoms with Crippen molar-refractivity contribution in [1.82, 2.24) is 9.97 Å². The lowest BCUT2D eigenvalue weighted by atomic mass is 10.2. The highest BCUT2D eigenvalue weighted by Gasteiger charge is 2.11. The molecule has 0 saturated heterocycles. The molecule has 23 heavy (non-hydrogen) atoms. The molecule has 116 valence electrons. The fourth-order valence-electron chi connectivity index (χ4n) is 2.01. The van der Waals surface area contributed by atoms with E-state index in [-0.39, 0.29) is 5.91 Å². The molecular weight excluding hydrogens is 314 g/mol. The van der Waals surface area contributed by atoms with Crippen LogP contribution in [-0.4, -0.2) is 28.8 Å². The minimum absolute atomic E-state index is 0.289. The molecule has 0 unspecified atom stereocenters. The van der Waals surface area contributed by atoms with Crippen LogP contribution in [0.25, 0.3) is 10.2 Å². The molecule has 0 fully saturated rings. The molecule has 0 spiro atoms. The first-order valence-corrected chi connectivity index (χ1v) is 7.77. The van der Waals surface area contributed by atoms with Gasteiger partial charge in [0.2, 0.25) is 5.88 Å². The maximum Gasteiger partial charge on any atom is 0.257 e. The minimum Gasteiger partial charge on any atom is -0.478 e. The number of benzene rings is 1. The van der Waals surface area contributed by atoms with Gasteiger partial charge in [0.1, 0.15) is 6.29 Å². The second kappa shape index (κ2) is 6.53. The lowest BCUT2D eigenvalue weighted by Crippen LogP contribution is -2.12. The average Bonchev–Trinajstić information content (AvgIpc) is 2.96. The fraction of sp³-hybridized carbons (Fsp3) is 0.125. The molecule has 6 nitrogen and oxygen atoms in total. The van der Waals surface area contributed by atoms with Gasteiger partial charge in [0.05, 0.1) is 16.8 Å². The zero-order valence-electron chi connectivity index (χ0n) is 12.3. The summed E-state index contributed by atoms with van der Waals surface area (Å²) in [6.45, 7) is 2.33. The quantitative estimate of drug-likeness (QED) is 0.728. The van der Waals surface area contributed by atoms with Gasteiger partial charge in [-0.3, -0.25) is 14.9 Å². The van der Waals surface area contributed by atoms with Crippen LogP contribution >= 0.6 is 11.3 Å². The molecule has 0 radical (unpaired) electrons. The molecule has 0 saturated carbocycles. The summed E-state index contributed by atoms with van der Waals surface area (Å²) < 4.78 is 6.13. The third kappa shape index (κ3) is 3.35. The van der Waals surface area contributed by atoms with Crippen molar-refractivity contribution in [3.8, 4) is 5.88 Å². The smallest absolute Gasteiger partial charge is 0.257 e. The van der Waals surface area contributed by atoms with E-state index in [0.717, 1.165) is 16.5 Å².